The summed E-state index contributed by atoms with van der Waals surface area (Å²) in [4.78, 5) is 80.5. The second kappa shape index (κ2) is 11.8. The van der Waals surface area contributed by atoms with Crippen LogP contribution in [0.5, 0.6) is 0 Å². The molecule has 0 radical (unpaired) electrons. The zero-order valence-electron chi connectivity index (χ0n) is 20.5. The molecule has 6 N–H and O–H groups in total. The van der Waals surface area contributed by atoms with Gasteiger partial charge in [0.25, 0.3) is 0 Å². The predicted molar refractivity (Wildman–Crippen MR) is 134 cm³/mol. The lowest BCUT2D eigenvalue weighted by molar-refractivity contribution is -0.150. The van der Waals surface area contributed by atoms with Crippen LogP contribution in [0.1, 0.15) is 24.5 Å². The summed E-state index contributed by atoms with van der Waals surface area (Å²) in [7, 11) is 0. The van der Waals surface area contributed by atoms with E-state index in [-0.39, 0.29) is 22.8 Å². The van der Waals surface area contributed by atoms with Crippen LogP contribution >= 0.6 is 0 Å². The van der Waals surface area contributed by atoms with Crippen molar-refractivity contribution < 1.29 is 33.6 Å². The van der Waals surface area contributed by atoms with Gasteiger partial charge in [-0.25, -0.2) is 14.4 Å². The van der Waals surface area contributed by atoms with Crippen LogP contribution in [0.4, 0.5) is 5.69 Å². The molecule has 39 heavy (non-hydrogen) atoms. The van der Waals surface area contributed by atoms with Gasteiger partial charge in [0.15, 0.2) is 11.8 Å². The number of para-hydroxylation sites is 1. The highest BCUT2D eigenvalue weighted by Gasteiger charge is 2.39. The van der Waals surface area contributed by atoms with E-state index in [4.69, 9.17) is 31.3 Å². The third-order valence-electron chi connectivity index (χ3n) is 5.36. The zero-order chi connectivity index (χ0) is 28.9. The van der Waals surface area contributed by atoms with E-state index >= 15 is 0 Å². The quantitative estimate of drug-likeness (QED) is 0.126. The molecule has 204 valence electrons. The summed E-state index contributed by atoms with van der Waals surface area (Å²) in [5.74, 6) is -6.48. The zero-order valence-corrected chi connectivity index (χ0v) is 20.5. The second-order valence-corrected chi connectivity index (χ2v) is 8.25. The molecule has 0 saturated heterocycles. The summed E-state index contributed by atoms with van der Waals surface area (Å²) in [5.41, 5.74) is 10.8. The molecule has 3 aromatic rings. The summed E-state index contributed by atoms with van der Waals surface area (Å²) in [6.07, 6.45) is -0.804. The number of ketones is 1. The van der Waals surface area contributed by atoms with Crippen LogP contribution in [0, 0.1) is 5.41 Å². The van der Waals surface area contributed by atoms with Crippen molar-refractivity contribution in [3.05, 3.63) is 86.8 Å². The van der Waals surface area contributed by atoms with E-state index in [0.717, 1.165) is 6.92 Å². The van der Waals surface area contributed by atoms with Crippen LogP contribution in [0.15, 0.2) is 68.7 Å². The number of nitrogens with two attached hydrogens (primary N) is 2. The third-order valence-corrected chi connectivity index (χ3v) is 5.36. The number of amidine groups is 1. The summed E-state index contributed by atoms with van der Waals surface area (Å²) in [5, 5.41) is 16.5. The summed E-state index contributed by atoms with van der Waals surface area (Å²) >= 11 is 0. The Morgan fingerprint density at radius 1 is 1.08 bits per heavy atom. The first-order valence-corrected chi connectivity index (χ1v) is 11.2. The van der Waals surface area contributed by atoms with E-state index in [9.17, 15) is 28.8 Å². The second-order valence-electron chi connectivity index (χ2n) is 8.25. The maximum Gasteiger partial charge on any atom is 0.477 e. The molecule has 0 unspecified atom stereocenters. The van der Waals surface area contributed by atoms with Crippen LogP contribution in [0.25, 0.3) is 0 Å². The fourth-order valence-electron chi connectivity index (χ4n) is 3.52. The Morgan fingerprint density at radius 3 is 2.23 bits per heavy atom. The molecule has 0 aliphatic heterocycles. The highest BCUT2D eigenvalue weighted by atomic mass is 16.7. The monoisotopic (exact) mass is 540 g/mol. The van der Waals surface area contributed by atoms with Gasteiger partial charge in [0.05, 0.1) is 19.0 Å². The minimum absolute atomic E-state index is 0.00597. The van der Waals surface area contributed by atoms with Crippen LogP contribution in [-0.2, 0) is 25.7 Å². The number of amides is 1. The molecule has 3 rings (SSSR count). The number of nitrogens with one attached hydrogen (secondary N) is 1. The standard InChI is InChI=1S/C24H24N6O9/c1-13(31)19(29(16-5-3-2-4-6-16)21(34)17(25)11-18(32)33)22(35)38-30-23(36)28(39-24(30)37)12-14-7-9-15(10-8-14)20(26)27/h2-10,17,19H,11-12,25H2,1H3,(H3,26,27)(H,32,33)/t17-,19-/m0/s1. The lowest BCUT2D eigenvalue weighted by atomic mass is 10.1. The molecular formula is C24H24N6O9. The fourth-order valence-corrected chi connectivity index (χ4v) is 3.52. The molecule has 15 heteroatoms. The Kier molecular flexibility index (Phi) is 8.57. The van der Waals surface area contributed by atoms with Crippen molar-refractivity contribution in [1.29, 1.82) is 5.41 Å². The molecule has 1 aromatic heterocycles. The van der Waals surface area contributed by atoms with Gasteiger partial charge in [-0.05, 0) is 29.4 Å². The summed E-state index contributed by atoms with van der Waals surface area (Å²) < 4.78 is 5.43. The average molecular weight is 540 g/mol. The van der Waals surface area contributed by atoms with Crippen molar-refractivity contribution in [2.75, 3.05) is 4.90 Å². The number of nitrogen functional groups attached to an aromatic ring is 1. The first-order valence-electron chi connectivity index (χ1n) is 11.2. The number of nitrogens with zero attached hydrogens (tertiary/aromatic N) is 3. The number of benzene rings is 2. The van der Waals surface area contributed by atoms with Crippen molar-refractivity contribution in [1.82, 2.24) is 9.47 Å². The van der Waals surface area contributed by atoms with Gasteiger partial charge in [-0.1, -0.05) is 42.5 Å². The topological polar surface area (TPSA) is 234 Å². The maximum atomic E-state index is 13.1. The van der Waals surface area contributed by atoms with Gasteiger partial charge in [0.1, 0.15) is 5.84 Å². The van der Waals surface area contributed by atoms with Gasteiger partial charge >= 0.3 is 23.4 Å². The molecule has 0 aliphatic rings. The molecule has 0 bridgehead atoms. The van der Waals surface area contributed by atoms with Crippen LogP contribution < -0.4 is 32.7 Å². The fraction of sp³-hybridized carbons (Fsp3) is 0.208. The third kappa shape index (κ3) is 6.53. The van der Waals surface area contributed by atoms with Gasteiger partial charge < -0.3 is 25.9 Å². The molecule has 2 atom stereocenters. The number of carbonyl (C=O) groups excluding carboxylic acids is 3. The minimum atomic E-state index is -2.03. The Balaban J connectivity index is 1.93. The number of rotatable bonds is 11. The van der Waals surface area contributed by atoms with E-state index in [1.54, 1.807) is 6.07 Å². The number of hydrogen-bond acceptors (Lipinski definition) is 10. The molecular weight excluding hydrogens is 516 g/mol. The molecule has 1 amide bonds. The largest absolute Gasteiger partial charge is 0.481 e. The number of carboxylic acids is 1. The van der Waals surface area contributed by atoms with E-state index < -0.39 is 53.6 Å². The van der Waals surface area contributed by atoms with Gasteiger partial charge in [-0.15, -0.1) is 4.74 Å². The number of carboxylic acid groups (broad SMARTS) is 1. The molecule has 0 saturated carbocycles. The van der Waals surface area contributed by atoms with Gasteiger partial charge in [0.2, 0.25) is 5.91 Å². The first-order chi connectivity index (χ1) is 18.4. The summed E-state index contributed by atoms with van der Waals surface area (Å²) in [6.45, 7) is 0.699. The highest BCUT2D eigenvalue weighted by molar-refractivity contribution is 6.13. The Bertz CT molecular complexity index is 1520. The minimum Gasteiger partial charge on any atom is -0.481 e. The number of carbonyl (C=O) groups is 4. The van der Waals surface area contributed by atoms with Gasteiger partial charge in [-0.2, -0.15) is 0 Å². The summed E-state index contributed by atoms with van der Waals surface area (Å²) in [6, 6.07) is 9.71. The Morgan fingerprint density at radius 2 is 1.69 bits per heavy atom. The Labute approximate surface area is 219 Å². The van der Waals surface area contributed by atoms with Crippen molar-refractivity contribution >= 4 is 35.2 Å². The number of anilines is 1. The number of hydrogen-bond donors (Lipinski definition) is 4. The number of aromatic nitrogens is 2. The lowest BCUT2D eigenvalue weighted by Crippen LogP contribution is -2.57. The van der Waals surface area contributed by atoms with Crippen LogP contribution in [0.2, 0.25) is 0 Å². The molecule has 1 heterocycles. The smallest absolute Gasteiger partial charge is 0.477 e. The van der Waals surface area contributed by atoms with Gasteiger partial charge in [0, 0.05) is 11.3 Å². The van der Waals surface area contributed by atoms with E-state index in [2.05, 4.69) is 0 Å². The maximum absolute atomic E-state index is 13.1. The average Bonchev–Trinajstić information content (AvgIpc) is 3.14. The first kappa shape index (κ1) is 28.3. The predicted octanol–water partition coefficient (Wildman–Crippen LogP) is -1.32. The van der Waals surface area contributed by atoms with Crippen molar-refractivity contribution in [2.45, 2.75) is 32.0 Å². The number of Topliss-reactive ketones (excluding diaryl/α,β-unsaturated/α-hetero) is 1. The van der Waals surface area contributed by atoms with E-state index in [1.165, 1.54) is 48.5 Å². The molecule has 15 nitrogen and oxygen atoms in total. The van der Waals surface area contributed by atoms with Crippen molar-refractivity contribution in [3.8, 4) is 0 Å². The SMILES string of the molecule is CC(=O)[C@@H](C(=O)On1c(=O)on(Cc2ccc(C(=N)N)cc2)c1=O)N(C(=O)[C@@H](N)CC(=O)O)c1ccccc1. The van der Waals surface area contributed by atoms with Gasteiger partial charge in [-0.3, -0.25) is 24.7 Å². The van der Waals surface area contributed by atoms with Crippen molar-refractivity contribution in [2.24, 2.45) is 11.5 Å². The van der Waals surface area contributed by atoms with Crippen LogP contribution in [-0.4, -0.2) is 56.1 Å². The molecule has 0 fully saturated rings. The normalized spacial score (nSPS) is 12.3. The van der Waals surface area contributed by atoms with E-state index in [1.807, 2.05) is 0 Å². The van der Waals surface area contributed by atoms with E-state index in [0.29, 0.717) is 20.8 Å². The molecule has 2 aromatic carbocycles. The Hall–Kier alpha value is -5.31. The highest BCUT2D eigenvalue weighted by Crippen LogP contribution is 2.20. The number of aliphatic carboxylic acids is 1. The molecule has 0 spiro atoms. The molecule has 0 aliphatic carbocycles. The van der Waals surface area contributed by atoms with Crippen molar-refractivity contribution in [3.63, 3.8) is 0 Å². The van der Waals surface area contributed by atoms with Crippen LogP contribution in [0.3, 0.4) is 0 Å². The lowest BCUT2D eigenvalue weighted by Gasteiger charge is -2.30.